The Labute approximate surface area is 164 Å². The smallest absolute Gasteiger partial charge is 0.414 e. The molecule has 2 heterocycles. The number of ether oxygens (including phenoxy) is 1. The minimum atomic E-state index is -0.552. The van der Waals surface area contributed by atoms with Crippen molar-refractivity contribution >= 4 is 40.3 Å². The van der Waals surface area contributed by atoms with Crippen molar-refractivity contribution in [1.82, 2.24) is 5.32 Å². The summed E-state index contributed by atoms with van der Waals surface area (Å²) in [5.74, 6) is -0.647. The molecule has 1 fully saturated rings. The Balaban J connectivity index is 1.42. The first kappa shape index (κ1) is 18.1. The van der Waals surface area contributed by atoms with Crippen LogP contribution in [0.3, 0.4) is 0 Å². The number of rotatable bonds is 4. The normalized spacial score (nSPS) is 16.2. The highest BCUT2D eigenvalue weighted by Gasteiger charge is 2.32. The van der Waals surface area contributed by atoms with E-state index >= 15 is 0 Å². The molecule has 0 radical (unpaired) electrons. The number of cyclic esters (lactones) is 1. The summed E-state index contributed by atoms with van der Waals surface area (Å²) in [6, 6.07) is 14.6. The van der Waals surface area contributed by atoms with Gasteiger partial charge < -0.3 is 14.5 Å². The molecule has 0 saturated carbocycles. The quantitative estimate of drug-likeness (QED) is 0.729. The Bertz CT molecular complexity index is 1110. The van der Waals surface area contributed by atoms with Crippen LogP contribution in [0.25, 0.3) is 11.0 Å². The topological polar surface area (TPSA) is 88.9 Å². The molecule has 8 heteroatoms. The highest BCUT2D eigenvalue weighted by molar-refractivity contribution is 6.30. The SMILES string of the molecule is O=C(NCC1CN(c2ccc(Cl)cc2)C(=O)O1)c1cc(=O)c2ccccc2o1. The summed E-state index contributed by atoms with van der Waals surface area (Å²) >= 11 is 5.86. The average Bonchev–Trinajstić information content (AvgIpc) is 3.07. The van der Waals surface area contributed by atoms with Gasteiger partial charge in [-0.15, -0.1) is 0 Å². The van der Waals surface area contributed by atoms with E-state index in [9.17, 15) is 14.4 Å². The summed E-state index contributed by atoms with van der Waals surface area (Å²) in [4.78, 5) is 38.0. The highest BCUT2D eigenvalue weighted by Crippen LogP contribution is 2.23. The van der Waals surface area contributed by atoms with Crippen molar-refractivity contribution in [3.8, 4) is 0 Å². The Hall–Kier alpha value is -3.32. The molecule has 7 nitrogen and oxygen atoms in total. The van der Waals surface area contributed by atoms with E-state index in [1.807, 2.05) is 0 Å². The maximum atomic E-state index is 12.4. The molecule has 1 aliphatic heterocycles. The van der Waals surface area contributed by atoms with Crippen molar-refractivity contribution < 1.29 is 18.7 Å². The Morgan fingerprint density at radius 2 is 1.89 bits per heavy atom. The molecule has 0 aliphatic carbocycles. The number of amides is 2. The van der Waals surface area contributed by atoms with Crippen LogP contribution in [0.2, 0.25) is 5.02 Å². The van der Waals surface area contributed by atoms with Crippen LogP contribution in [-0.4, -0.2) is 31.2 Å². The van der Waals surface area contributed by atoms with Gasteiger partial charge in [0.1, 0.15) is 11.7 Å². The summed E-state index contributed by atoms with van der Waals surface area (Å²) < 4.78 is 10.8. The molecule has 28 heavy (non-hydrogen) atoms. The lowest BCUT2D eigenvalue weighted by Gasteiger charge is -2.13. The first-order chi connectivity index (χ1) is 13.5. The third kappa shape index (κ3) is 3.57. The third-order valence-electron chi connectivity index (χ3n) is 4.36. The number of halogens is 1. The van der Waals surface area contributed by atoms with E-state index in [-0.39, 0.29) is 24.3 Å². The molecule has 0 bridgehead atoms. The molecule has 0 spiro atoms. The number of hydrogen-bond donors (Lipinski definition) is 1. The fourth-order valence-electron chi connectivity index (χ4n) is 2.97. The third-order valence-corrected chi connectivity index (χ3v) is 4.61. The number of nitrogens with one attached hydrogen (secondary N) is 1. The largest absolute Gasteiger partial charge is 0.451 e. The Kier molecular flexibility index (Phi) is 4.75. The molecule has 2 aromatic carbocycles. The van der Waals surface area contributed by atoms with Gasteiger partial charge in [0.2, 0.25) is 0 Å². The van der Waals surface area contributed by atoms with Gasteiger partial charge >= 0.3 is 6.09 Å². The van der Waals surface area contributed by atoms with Crippen molar-refractivity contribution in [2.45, 2.75) is 6.10 Å². The zero-order chi connectivity index (χ0) is 19.7. The number of carbonyl (C=O) groups is 2. The number of nitrogens with zero attached hydrogens (tertiary/aromatic N) is 1. The van der Waals surface area contributed by atoms with Crippen LogP contribution in [-0.2, 0) is 4.74 Å². The first-order valence-electron chi connectivity index (χ1n) is 8.56. The molecule has 1 saturated heterocycles. The van der Waals surface area contributed by atoms with E-state index in [1.54, 1.807) is 48.5 Å². The number of carbonyl (C=O) groups excluding carboxylic acids is 2. The molecule has 1 aliphatic rings. The molecule has 1 N–H and O–H groups in total. The van der Waals surface area contributed by atoms with Crippen LogP contribution < -0.4 is 15.6 Å². The number of para-hydroxylation sites is 1. The van der Waals surface area contributed by atoms with Gasteiger partial charge in [0, 0.05) is 16.8 Å². The summed E-state index contributed by atoms with van der Waals surface area (Å²) in [6.07, 6.45) is -1.03. The Morgan fingerprint density at radius 1 is 1.14 bits per heavy atom. The maximum absolute atomic E-state index is 12.4. The summed E-state index contributed by atoms with van der Waals surface area (Å²) in [7, 11) is 0. The van der Waals surface area contributed by atoms with Gasteiger partial charge in [0.15, 0.2) is 11.2 Å². The number of fused-ring (bicyclic) bond motifs is 1. The van der Waals surface area contributed by atoms with Crippen molar-refractivity contribution in [2.75, 3.05) is 18.0 Å². The van der Waals surface area contributed by atoms with Gasteiger partial charge in [-0.2, -0.15) is 0 Å². The second-order valence-corrected chi connectivity index (χ2v) is 6.71. The summed E-state index contributed by atoms with van der Waals surface area (Å²) in [5, 5.41) is 3.61. The van der Waals surface area contributed by atoms with E-state index in [4.69, 9.17) is 20.8 Å². The summed E-state index contributed by atoms with van der Waals surface area (Å²) in [6.45, 7) is 0.369. The average molecular weight is 399 g/mol. The molecular formula is C20H15ClN2O5. The van der Waals surface area contributed by atoms with Gasteiger partial charge in [0.05, 0.1) is 18.5 Å². The molecule has 4 rings (SSSR count). The number of benzene rings is 2. The lowest BCUT2D eigenvalue weighted by atomic mass is 10.2. The van der Waals surface area contributed by atoms with Crippen LogP contribution >= 0.6 is 11.6 Å². The van der Waals surface area contributed by atoms with Crippen LogP contribution in [0.4, 0.5) is 10.5 Å². The Morgan fingerprint density at radius 3 is 2.68 bits per heavy atom. The van der Waals surface area contributed by atoms with Crippen molar-refractivity contribution in [3.05, 3.63) is 75.6 Å². The van der Waals surface area contributed by atoms with Crippen LogP contribution in [0.5, 0.6) is 0 Å². The van der Waals surface area contributed by atoms with E-state index in [0.29, 0.717) is 21.7 Å². The fourth-order valence-corrected chi connectivity index (χ4v) is 3.10. The van der Waals surface area contributed by atoms with Gasteiger partial charge in [-0.1, -0.05) is 23.7 Å². The molecule has 142 valence electrons. The minimum absolute atomic E-state index is 0.0885. The number of anilines is 1. The second kappa shape index (κ2) is 7.36. The monoisotopic (exact) mass is 398 g/mol. The molecule has 1 unspecified atom stereocenters. The summed E-state index contributed by atoms with van der Waals surface area (Å²) in [5.41, 5.74) is 0.693. The van der Waals surface area contributed by atoms with Gasteiger partial charge in [0.25, 0.3) is 5.91 Å². The van der Waals surface area contributed by atoms with E-state index in [0.717, 1.165) is 6.07 Å². The van der Waals surface area contributed by atoms with E-state index in [2.05, 4.69) is 5.32 Å². The standard InChI is InChI=1S/C20H15ClN2O5/c21-12-5-7-13(8-6-12)23-11-14(27-20(23)26)10-22-19(25)18-9-16(24)15-3-1-2-4-17(15)28-18/h1-9,14H,10-11H2,(H,22,25). The van der Waals surface area contributed by atoms with E-state index in [1.165, 1.54) is 4.90 Å². The van der Waals surface area contributed by atoms with Crippen LogP contribution in [0.15, 0.2) is 63.8 Å². The lowest BCUT2D eigenvalue weighted by molar-refractivity contribution is 0.0890. The fraction of sp³-hybridized carbons (Fsp3) is 0.150. The van der Waals surface area contributed by atoms with Crippen LogP contribution in [0, 0.1) is 0 Å². The zero-order valence-corrected chi connectivity index (χ0v) is 15.3. The molecular weight excluding hydrogens is 384 g/mol. The van der Waals surface area contributed by atoms with Crippen molar-refractivity contribution in [3.63, 3.8) is 0 Å². The predicted molar refractivity (Wildman–Crippen MR) is 104 cm³/mol. The minimum Gasteiger partial charge on any atom is -0.451 e. The second-order valence-electron chi connectivity index (χ2n) is 6.27. The molecule has 1 atom stereocenters. The zero-order valence-electron chi connectivity index (χ0n) is 14.6. The maximum Gasteiger partial charge on any atom is 0.414 e. The predicted octanol–water partition coefficient (Wildman–Crippen LogP) is 3.20. The van der Waals surface area contributed by atoms with Crippen molar-refractivity contribution in [2.24, 2.45) is 0 Å². The number of hydrogen-bond acceptors (Lipinski definition) is 5. The molecule has 2 amide bonds. The first-order valence-corrected chi connectivity index (χ1v) is 8.94. The molecule has 3 aromatic rings. The molecule has 1 aromatic heterocycles. The van der Waals surface area contributed by atoms with Crippen molar-refractivity contribution in [1.29, 1.82) is 0 Å². The lowest BCUT2D eigenvalue weighted by Crippen LogP contribution is -2.35. The van der Waals surface area contributed by atoms with Gasteiger partial charge in [-0.25, -0.2) is 4.79 Å². The highest BCUT2D eigenvalue weighted by atomic mass is 35.5. The van der Waals surface area contributed by atoms with Gasteiger partial charge in [-0.3, -0.25) is 14.5 Å². The van der Waals surface area contributed by atoms with Gasteiger partial charge in [-0.05, 0) is 36.4 Å². The van der Waals surface area contributed by atoms with Crippen LogP contribution in [0.1, 0.15) is 10.6 Å². The van der Waals surface area contributed by atoms with E-state index < -0.39 is 18.1 Å².